The summed E-state index contributed by atoms with van der Waals surface area (Å²) >= 11 is 3.09. The van der Waals surface area contributed by atoms with E-state index in [9.17, 15) is 9.18 Å². The van der Waals surface area contributed by atoms with Gasteiger partial charge in [0.15, 0.2) is 4.34 Å². The topological polar surface area (TPSA) is 42.0 Å². The number of anilines is 1. The van der Waals surface area contributed by atoms with Gasteiger partial charge in [-0.3, -0.25) is 4.79 Å². The van der Waals surface area contributed by atoms with Crippen LogP contribution in [-0.2, 0) is 4.79 Å². The van der Waals surface area contributed by atoms with Gasteiger partial charge in [0.1, 0.15) is 5.82 Å². The SMILES string of the molecule is Cc1ccc(NC(=O)CCSc2nc(-c3ccc(F)cc3)cs2)cc1. The quantitative estimate of drug-likeness (QED) is 0.591. The Balaban J connectivity index is 1.48. The highest BCUT2D eigenvalue weighted by Gasteiger charge is 2.07. The number of carbonyl (C=O) groups is 1. The first-order valence-electron chi connectivity index (χ1n) is 7.81. The van der Waals surface area contributed by atoms with Crippen molar-refractivity contribution in [3.63, 3.8) is 0 Å². The highest BCUT2D eigenvalue weighted by molar-refractivity contribution is 8.01. The number of benzene rings is 2. The van der Waals surface area contributed by atoms with Crippen LogP contribution >= 0.6 is 23.1 Å². The van der Waals surface area contributed by atoms with Crippen LogP contribution in [0.25, 0.3) is 11.3 Å². The molecule has 6 heteroatoms. The summed E-state index contributed by atoms with van der Waals surface area (Å²) in [5.41, 5.74) is 3.70. The van der Waals surface area contributed by atoms with Crippen LogP contribution in [0.5, 0.6) is 0 Å². The smallest absolute Gasteiger partial charge is 0.225 e. The summed E-state index contributed by atoms with van der Waals surface area (Å²) in [6.45, 7) is 2.01. The number of aromatic nitrogens is 1. The molecule has 0 saturated carbocycles. The van der Waals surface area contributed by atoms with E-state index >= 15 is 0 Å². The zero-order valence-electron chi connectivity index (χ0n) is 13.7. The normalized spacial score (nSPS) is 10.6. The second kappa shape index (κ2) is 8.27. The first-order valence-corrected chi connectivity index (χ1v) is 9.67. The van der Waals surface area contributed by atoms with Crippen LogP contribution in [0, 0.1) is 12.7 Å². The maximum absolute atomic E-state index is 13.0. The third kappa shape index (κ3) is 5.14. The fourth-order valence-electron chi connectivity index (χ4n) is 2.17. The molecule has 0 bridgehead atoms. The van der Waals surface area contributed by atoms with Gasteiger partial charge in [0.25, 0.3) is 0 Å². The molecule has 0 aliphatic rings. The molecule has 3 rings (SSSR count). The summed E-state index contributed by atoms with van der Waals surface area (Å²) in [5, 5.41) is 4.83. The minimum absolute atomic E-state index is 0.00772. The molecule has 0 radical (unpaired) electrons. The van der Waals surface area contributed by atoms with Gasteiger partial charge in [-0.05, 0) is 43.3 Å². The van der Waals surface area contributed by atoms with Gasteiger partial charge < -0.3 is 5.32 Å². The largest absolute Gasteiger partial charge is 0.326 e. The molecule has 1 heterocycles. The van der Waals surface area contributed by atoms with E-state index in [0.717, 1.165) is 26.8 Å². The van der Waals surface area contributed by atoms with E-state index in [4.69, 9.17) is 0 Å². The highest BCUT2D eigenvalue weighted by Crippen LogP contribution is 2.28. The van der Waals surface area contributed by atoms with Gasteiger partial charge in [0.05, 0.1) is 5.69 Å². The molecule has 0 aliphatic heterocycles. The van der Waals surface area contributed by atoms with Crippen LogP contribution in [-0.4, -0.2) is 16.6 Å². The van der Waals surface area contributed by atoms with Crippen LogP contribution in [0.4, 0.5) is 10.1 Å². The zero-order valence-corrected chi connectivity index (χ0v) is 15.3. The van der Waals surface area contributed by atoms with E-state index in [1.165, 1.54) is 23.5 Å². The number of rotatable bonds is 6. The van der Waals surface area contributed by atoms with Crippen molar-refractivity contribution in [3.8, 4) is 11.3 Å². The molecule has 0 atom stereocenters. The van der Waals surface area contributed by atoms with E-state index in [0.29, 0.717) is 12.2 Å². The number of halogens is 1. The number of hydrogen-bond donors (Lipinski definition) is 1. The zero-order chi connectivity index (χ0) is 17.6. The minimum Gasteiger partial charge on any atom is -0.326 e. The Bertz CT molecular complexity index is 845. The van der Waals surface area contributed by atoms with Crippen molar-refractivity contribution in [2.24, 2.45) is 0 Å². The molecular formula is C19H17FN2OS2. The molecule has 3 nitrogen and oxygen atoms in total. The van der Waals surface area contributed by atoms with Gasteiger partial charge in [0.2, 0.25) is 5.91 Å². The molecular weight excluding hydrogens is 355 g/mol. The Morgan fingerprint density at radius 1 is 1.16 bits per heavy atom. The van der Waals surface area contributed by atoms with Crippen molar-refractivity contribution in [1.29, 1.82) is 0 Å². The fourth-order valence-corrected chi connectivity index (χ4v) is 4.01. The standard InChI is InChI=1S/C19H17FN2OS2/c1-13-2-8-16(9-3-13)21-18(23)10-11-24-19-22-17(12-25-19)14-4-6-15(20)7-5-14/h2-9,12H,10-11H2,1H3,(H,21,23). The third-order valence-corrected chi connectivity index (χ3v) is 5.54. The van der Waals surface area contributed by atoms with Gasteiger partial charge in [-0.15, -0.1) is 11.3 Å². The molecule has 3 aromatic rings. The lowest BCUT2D eigenvalue weighted by molar-refractivity contribution is -0.115. The predicted molar refractivity (Wildman–Crippen MR) is 103 cm³/mol. The Kier molecular flexibility index (Phi) is 5.83. The van der Waals surface area contributed by atoms with E-state index in [-0.39, 0.29) is 11.7 Å². The second-order valence-corrected chi connectivity index (χ2v) is 7.72. The van der Waals surface area contributed by atoms with Gasteiger partial charge in [-0.1, -0.05) is 29.5 Å². The summed E-state index contributed by atoms with van der Waals surface area (Å²) in [7, 11) is 0. The number of thiazole rings is 1. The Labute approximate surface area is 154 Å². The number of thioether (sulfide) groups is 1. The van der Waals surface area contributed by atoms with E-state index < -0.39 is 0 Å². The number of nitrogens with one attached hydrogen (secondary N) is 1. The molecule has 1 aromatic heterocycles. The number of carbonyl (C=O) groups excluding carboxylic acids is 1. The van der Waals surface area contributed by atoms with Gasteiger partial charge in [-0.2, -0.15) is 0 Å². The van der Waals surface area contributed by atoms with Crippen molar-refractivity contribution in [2.75, 3.05) is 11.1 Å². The van der Waals surface area contributed by atoms with Gasteiger partial charge in [-0.25, -0.2) is 9.37 Å². The van der Waals surface area contributed by atoms with Gasteiger partial charge >= 0.3 is 0 Å². The van der Waals surface area contributed by atoms with Crippen molar-refractivity contribution in [3.05, 3.63) is 65.3 Å². The Morgan fingerprint density at radius 3 is 2.60 bits per heavy atom. The first kappa shape index (κ1) is 17.6. The van der Waals surface area contributed by atoms with E-state index in [2.05, 4.69) is 10.3 Å². The van der Waals surface area contributed by atoms with Crippen LogP contribution in [0.2, 0.25) is 0 Å². The summed E-state index contributed by atoms with van der Waals surface area (Å²) < 4.78 is 13.9. The second-order valence-electron chi connectivity index (χ2n) is 5.52. The van der Waals surface area contributed by atoms with Crippen molar-refractivity contribution in [1.82, 2.24) is 4.98 Å². The molecule has 2 aromatic carbocycles. The maximum atomic E-state index is 13.0. The number of nitrogens with zero attached hydrogens (tertiary/aromatic N) is 1. The highest BCUT2D eigenvalue weighted by atomic mass is 32.2. The van der Waals surface area contributed by atoms with Crippen molar-refractivity contribution in [2.45, 2.75) is 17.7 Å². The van der Waals surface area contributed by atoms with Crippen molar-refractivity contribution >= 4 is 34.7 Å². The van der Waals surface area contributed by atoms with Crippen LogP contribution in [0.1, 0.15) is 12.0 Å². The lowest BCUT2D eigenvalue weighted by atomic mass is 10.2. The predicted octanol–water partition coefficient (Wildman–Crippen LogP) is 5.38. The average molecular weight is 372 g/mol. The molecule has 0 aliphatic carbocycles. The van der Waals surface area contributed by atoms with Crippen LogP contribution < -0.4 is 5.32 Å². The lowest BCUT2D eigenvalue weighted by Crippen LogP contribution is -2.12. The summed E-state index contributed by atoms with van der Waals surface area (Å²) in [6, 6.07) is 14.0. The lowest BCUT2D eigenvalue weighted by Gasteiger charge is -2.04. The number of amides is 1. The molecule has 0 unspecified atom stereocenters. The van der Waals surface area contributed by atoms with Crippen LogP contribution in [0.3, 0.4) is 0 Å². The maximum Gasteiger partial charge on any atom is 0.225 e. The van der Waals surface area contributed by atoms with E-state index in [1.54, 1.807) is 23.9 Å². The molecule has 0 spiro atoms. The third-order valence-electron chi connectivity index (χ3n) is 3.51. The molecule has 0 fully saturated rings. The number of hydrogen-bond acceptors (Lipinski definition) is 4. The summed E-state index contributed by atoms with van der Waals surface area (Å²) in [6.07, 6.45) is 0.421. The Hall–Kier alpha value is -2.18. The molecule has 128 valence electrons. The fraction of sp³-hybridized carbons (Fsp3) is 0.158. The van der Waals surface area contributed by atoms with Crippen LogP contribution in [0.15, 0.2) is 58.3 Å². The molecule has 1 N–H and O–H groups in total. The Morgan fingerprint density at radius 2 is 1.88 bits per heavy atom. The average Bonchev–Trinajstić information content (AvgIpc) is 3.06. The van der Waals surface area contributed by atoms with Gasteiger partial charge in [0, 0.05) is 28.8 Å². The molecule has 1 amide bonds. The monoisotopic (exact) mass is 372 g/mol. The first-order chi connectivity index (χ1) is 12.1. The summed E-state index contributed by atoms with van der Waals surface area (Å²) in [5.74, 6) is 0.397. The number of aryl methyl sites for hydroxylation is 1. The molecule has 0 saturated heterocycles. The summed E-state index contributed by atoms with van der Waals surface area (Å²) in [4.78, 5) is 16.5. The van der Waals surface area contributed by atoms with E-state index in [1.807, 2.05) is 36.6 Å². The molecule has 25 heavy (non-hydrogen) atoms. The van der Waals surface area contributed by atoms with Crippen molar-refractivity contribution < 1.29 is 9.18 Å². The minimum atomic E-state index is -0.256.